The number of carbonyl (C=O) groups excluding carboxylic acids is 1. The van der Waals surface area contributed by atoms with Crippen LogP contribution in [0, 0.1) is 5.92 Å². The van der Waals surface area contributed by atoms with Gasteiger partial charge in [-0.15, -0.1) is 0 Å². The van der Waals surface area contributed by atoms with Crippen LogP contribution in [0.25, 0.3) is 0 Å². The molecule has 0 aromatic carbocycles. The first-order chi connectivity index (χ1) is 7.75. The van der Waals surface area contributed by atoms with E-state index in [4.69, 9.17) is 16.3 Å². The number of hydrogen-bond donors (Lipinski definition) is 0. The van der Waals surface area contributed by atoms with Gasteiger partial charge in [0.1, 0.15) is 5.78 Å². The molecule has 0 aliphatic carbocycles. The number of nitrogens with zero attached hydrogens (tertiary/aromatic N) is 1. The topological polar surface area (TPSA) is 39.2 Å². The minimum absolute atomic E-state index is 0.226. The normalized spacial score (nSPS) is 19.9. The molecule has 3 nitrogen and oxygen atoms in total. The monoisotopic (exact) mass is 239 g/mol. The Labute approximate surface area is 99.8 Å². The lowest BCUT2D eigenvalue weighted by atomic mass is 9.98. The van der Waals surface area contributed by atoms with Gasteiger partial charge in [0.2, 0.25) is 0 Å². The van der Waals surface area contributed by atoms with E-state index in [-0.39, 0.29) is 5.78 Å². The summed E-state index contributed by atoms with van der Waals surface area (Å²) >= 11 is 5.95. The maximum Gasteiger partial charge on any atom is 0.137 e. The minimum atomic E-state index is 0.226. The van der Waals surface area contributed by atoms with Gasteiger partial charge in [0.15, 0.2) is 0 Å². The number of rotatable bonds is 4. The van der Waals surface area contributed by atoms with Crippen molar-refractivity contribution in [3.63, 3.8) is 0 Å². The van der Waals surface area contributed by atoms with E-state index in [0.717, 1.165) is 25.2 Å². The number of hydrogen-bond acceptors (Lipinski definition) is 3. The molecular formula is C12H14ClNO2. The molecule has 16 heavy (non-hydrogen) atoms. The molecule has 1 aromatic rings. The SMILES string of the molecule is O=C(Cc1ccncc1Cl)CC1CCOC1. The van der Waals surface area contributed by atoms with Crippen LogP contribution in [0.5, 0.6) is 0 Å². The van der Waals surface area contributed by atoms with Gasteiger partial charge in [0.05, 0.1) is 5.02 Å². The average Bonchev–Trinajstić information content (AvgIpc) is 2.74. The second-order valence-electron chi connectivity index (χ2n) is 4.12. The van der Waals surface area contributed by atoms with Crippen molar-refractivity contribution in [2.24, 2.45) is 5.92 Å². The van der Waals surface area contributed by atoms with E-state index in [1.54, 1.807) is 18.5 Å². The van der Waals surface area contributed by atoms with Gasteiger partial charge in [-0.3, -0.25) is 9.78 Å². The van der Waals surface area contributed by atoms with Crippen molar-refractivity contribution in [2.45, 2.75) is 19.3 Å². The van der Waals surface area contributed by atoms with Crippen molar-refractivity contribution in [3.8, 4) is 0 Å². The van der Waals surface area contributed by atoms with Crippen LogP contribution < -0.4 is 0 Å². The Hall–Kier alpha value is -0.930. The fourth-order valence-electron chi connectivity index (χ4n) is 1.90. The van der Waals surface area contributed by atoms with Crippen LogP contribution in [0.3, 0.4) is 0 Å². The molecule has 86 valence electrons. The maximum atomic E-state index is 11.8. The minimum Gasteiger partial charge on any atom is -0.381 e. The van der Waals surface area contributed by atoms with Crippen molar-refractivity contribution in [1.82, 2.24) is 4.98 Å². The molecule has 0 bridgehead atoms. The smallest absolute Gasteiger partial charge is 0.137 e. The van der Waals surface area contributed by atoms with Crippen molar-refractivity contribution < 1.29 is 9.53 Å². The summed E-state index contributed by atoms with van der Waals surface area (Å²) in [4.78, 5) is 15.7. The molecule has 4 heteroatoms. The molecule has 0 amide bonds. The summed E-state index contributed by atoms with van der Waals surface area (Å²) in [5.74, 6) is 0.622. The van der Waals surface area contributed by atoms with Crippen molar-refractivity contribution in [3.05, 3.63) is 29.0 Å². The van der Waals surface area contributed by atoms with Crippen molar-refractivity contribution >= 4 is 17.4 Å². The number of carbonyl (C=O) groups is 1. The molecular weight excluding hydrogens is 226 g/mol. The lowest BCUT2D eigenvalue weighted by Gasteiger charge is -2.07. The Kier molecular flexibility index (Phi) is 3.91. The van der Waals surface area contributed by atoms with Gasteiger partial charge in [-0.1, -0.05) is 11.6 Å². The van der Waals surface area contributed by atoms with Gasteiger partial charge in [0.25, 0.3) is 0 Å². The van der Waals surface area contributed by atoms with Crippen LogP contribution in [0.4, 0.5) is 0 Å². The van der Waals surface area contributed by atoms with Crippen LogP contribution in [0.15, 0.2) is 18.5 Å². The van der Waals surface area contributed by atoms with Gasteiger partial charge < -0.3 is 4.74 Å². The molecule has 0 spiro atoms. The van der Waals surface area contributed by atoms with E-state index in [0.29, 0.717) is 23.8 Å². The van der Waals surface area contributed by atoms with Crippen LogP contribution in [-0.4, -0.2) is 24.0 Å². The molecule has 1 saturated heterocycles. The molecule has 1 aromatic heterocycles. The molecule has 2 heterocycles. The predicted octanol–water partition coefficient (Wildman–Crippen LogP) is 2.27. The summed E-state index contributed by atoms with van der Waals surface area (Å²) in [7, 11) is 0. The first-order valence-electron chi connectivity index (χ1n) is 5.43. The summed E-state index contributed by atoms with van der Waals surface area (Å²) in [6, 6.07) is 1.80. The van der Waals surface area contributed by atoms with Gasteiger partial charge in [-0.2, -0.15) is 0 Å². The first-order valence-corrected chi connectivity index (χ1v) is 5.81. The molecule has 0 N–H and O–H groups in total. The second kappa shape index (κ2) is 5.41. The van der Waals surface area contributed by atoms with Crippen molar-refractivity contribution in [2.75, 3.05) is 13.2 Å². The zero-order chi connectivity index (χ0) is 11.4. The third kappa shape index (κ3) is 3.03. The summed E-state index contributed by atoms with van der Waals surface area (Å²) in [6.07, 6.45) is 5.22. The zero-order valence-corrected chi connectivity index (χ0v) is 9.74. The molecule has 1 aliphatic rings. The van der Waals surface area contributed by atoms with Crippen LogP contribution in [0.2, 0.25) is 5.02 Å². The molecule has 1 fully saturated rings. The Morgan fingerprint density at radius 2 is 2.50 bits per heavy atom. The highest BCUT2D eigenvalue weighted by atomic mass is 35.5. The fraction of sp³-hybridized carbons (Fsp3) is 0.500. The van der Waals surface area contributed by atoms with Gasteiger partial charge in [0, 0.05) is 38.4 Å². The Balaban J connectivity index is 1.89. The summed E-state index contributed by atoms with van der Waals surface area (Å²) in [5, 5.41) is 0.568. The predicted molar refractivity (Wildman–Crippen MR) is 61.5 cm³/mol. The zero-order valence-electron chi connectivity index (χ0n) is 8.99. The largest absolute Gasteiger partial charge is 0.381 e. The average molecular weight is 240 g/mol. The van der Waals surface area contributed by atoms with E-state index >= 15 is 0 Å². The van der Waals surface area contributed by atoms with E-state index in [1.165, 1.54) is 0 Å². The van der Waals surface area contributed by atoms with Crippen LogP contribution >= 0.6 is 11.6 Å². The third-order valence-electron chi connectivity index (χ3n) is 2.78. The van der Waals surface area contributed by atoms with Gasteiger partial charge >= 0.3 is 0 Å². The van der Waals surface area contributed by atoms with Gasteiger partial charge in [-0.05, 0) is 24.0 Å². The number of Topliss-reactive ketones (excluding diaryl/α,β-unsaturated/α-hetero) is 1. The number of halogens is 1. The molecule has 1 aliphatic heterocycles. The highest BCUT2D eigenvalue weighted by molar-refractivity contribution is 6.31. The number of aromatic nitrogens is 1. The van der Waals surface area contributed by atoms with E-state index in [9.17, 15) is 4.79 Å². The lowest BCUT2D eigenvalue weighted by molar-refractivity contribution is -0.119. The summed E-state index contributed by atoms with van der Waals surface area (Å²) in [5.41, 5.74) is 0.862. The summed E-state index contributed by atoms with van der Waals surface area (Å²) < 4.78 is 5.24. The van der Waals surface area contributed by atoms with Crippen LogP contribution in [-0.2, 0) is 16.0 Å². The van der Waals surface area contributed by atoms with E-state index < -0.39 is 0 Å². The molecule has 1 atom stereocenters. The molecule has 0 saturated carbocycles. The molecule has 1 unspecified atom stereocenters. The van der Waals surface area contributed by atoms with E-state index in [2.05, 4.69) is 4.98 Å². The highest BCUT2D eigenvalue weighted by Crippen LogP contribution is 2.19. The quantitative estimate of drug-likeness (QED) is 0.809. The number of ketones is 1. The first kappa shape index (κ1) is 11.6. The van der Waals surface area contributed by atoms with Gasteiger partial charge in [-0.25, -0.2) is 0 Å². The second-order valence-corrected chi connectivity index (χ2v) is 4.52. The van der Waals surface area contributed by atoms with Crippen molar-refractivity contribution in [1.29, 1.82) is 0 Å². The maximum absolute atomic E-state index is 11.8. The standard InChI is InChI=1S/C12H14ClNO2/c13-12-7-14-3-1-10(12)6-11(15)5-9-2-4-16-8-9/h1,3,7,9H,2,4-6,8H2. The molecule has 0 radical (unpaired) electrons. The Morgan fingerprint density at radius 1 is 1.62 bits per heavy atom. The number of ether oxygens (including phenoxy) is 1. The number of pyridine rings is 1. The summed E-state index contributed by atoms with van der Waals surface area (Å²) in [6.45, 7) is 1.50. The third-order valence-corrected chi connectivity index (χ3v) is 3.12. The van der Waals surface area contributed by atoms with Crippen LogP contribution in [0.1, 0.15) is 18.4 Å². The Bertz CT molecular complexity index is 375. The van der Waals surface area contributed by atoms with E-state index in [1.807, 2.05) is 0 Å². The fourth-order valence-corrected chi connectivity index (χ4v) is 2.08. The lowest BCUT2D eigenvalue weighted by Crippen LogP contribution is -2.11. The Morgan fingerprint density at radius 3 is 3.19 bits per heavy atom. The molecule has 2 rings (SSSR count). The highest BCUT2D eigenvalue weighted by Gasteiger charge is 2.19.